The average Bonchev–Trinajstić information content (AvgIpc) is 3.09. The number of aromatic nitrogens is 2. The molecule has 4 heterocycles. The maximum absolute atomic E-state index is 13.2. The Balaban J connectivity index is 1.18. The molecule has 0 saturated carbocycles. The Kier molecular flexibility index (Phi) is 5.78. The summed E-state index contributed by atoms with van der Waals surface area (Å²) < 4.78 is 18.5. The summed E-state index contributed by atoms with van der Waals surface area (Å²) in [4.78, 5) is 27.8. The molecule has 7 nitrogen and oxygen atoms in total. The molecule has 0 radical (unpaired) electrons. The van der Waals surface area contributed by atoms with Gasteiger partial charge in [0.15, 0.2) is 5.82 Å². The predicted molar refractivity (Wildman–Crippen MR) is 120 cm³/mol. The first kappa shape index (κ1) is 20.9. The van der Waals surface area contributed by atoms with Crippen LogP contribution in [0, 0.1) is 5.82 Å². The Hall–Kier alpha value is -3.00. The summed E-state index contributed by atoms with van der Waals surface area (Å²) in [7, 11) is 1.67. The monoisotopic (exact) mass is 437 g/mol. The van der Waals surface area contributed by atoms with E-state index in [1.165, 1.54) is 18.0 Å². The zero-order valence-electron chi connectivity index (χ0n) is 18.3. The third kappa shape index (κ3) is 4.19. The van der Waals surface area contributed by atoms with Crippen LogP contribution in [-0.4, -0.2) is 77.6 Å². The molecule has 2 bridgehead atoms. The maximum atomic E-state index is 13.2. The molecule has 5 rings (SSSR count). The van der Waals surface area contributed by atoms with Crippen LogP contribution in [0.1, 0.15) is 24.8 Å². The minimum absolute atomic E-state index is 0.178. The third-order valence-corrected chi connectivity index (χ3v) is 6.76. The number of benzene rings is 1. The van der Waals surface area contributed by atoms with Crippen LogP contribution < -0.4 is 9.64 Å². The molecule has 168 valence electrons. The van der Waals surface area contributed by atoms with E-state index in [9.17, 15) is 9.18 Å². The highest BCUT2D eigenvalue weighted by Gasteiger charge is 2.41. The topological polar surface area (TPSA) is 61.8 Å². The smallest absolute Gasteiger partial charge is 0.237 e. The normalized spacial score (nSPS) is 23.2. The molecule has 0 N–H and O–H groups in total. The van der Waals surface area contributed by atoms with Gasteiger partial charge < -0.3 is 14.5 Å². The van der Waals surface area contributed by atoms with Crippen molar-refractivity contribution in [1.82, 2.24) is 19.8 Å². The molecule has 2 unspecified atom stereocenters. The first-order valence-corrected chi connectivity index (χ1v) is 11.2. The van der Waals surface area contributed by atoms with E-state index in [1.807, 2.05) is 23.1 Å². The highest BCUT2D eigenvalue weighted by atomic mass is 19.1. The zero-order valence-corrected chi connectivity index (χ0v) is 18.3. The van der Waals surface area contributed by atoms with Gasteiger partial charge in [0.1, 0.15) is 5.75 Å². The Morgan fingerprint density at radius 1 is 1.19 bits per heavy atom. The lowest BCUT2D eigenvalue weighted by molar-refractivity contribution is -0.132. The molecule has 1 aromatic heterocycles. The van der Waals surface area contributed by atoms with Crippen LogP contribution in [0.3, 0.4) is 0 Å². The quantitative estimate of drug-likeness (QED) is 0.717. The molecule has 8 heteroatoms. The number of hydrogen-bond donors (Lipinski definition) is 0. The van der Waals surface area contributed by atoms with Gasteiger partial charge in [-0.1, -0.05) is 18.2 Å². The number of amides is 1. The summed E-state index contributed by atoms with van der Waals surface area (Å²) in [5.41, 5.74) is 2.42. The molecule has 32 heavy (non-hydrogen) atoms. The molecule has 0 spiro atoms. The summed E-state index contributed by atoms with van der Waals surface area (Å²) in [6, 6.07) is 8.62. The van der Waals surface area contributed by atoms with Crippen LogP contribution in [0.2, 0.25) is 0 Å². The Bertz CT molecular complexity index is 998. The third-order valence-electron chi connectivity index (χ3n) is 6.76. The fraction of sp³-hybridized carbons (Fsp3) is 0.458. The first-order chi connectivity index (χ1) is 15.6. The molecule has 3 aliphatic rings. The summed E-state index contributed by atoms with van der Waals surface area (Å²) in [5.74, 6) is 1.20. The van der Waals surface area contributed by atoms with E-state index in [1.54, 1.807) is 7.11 Å². The van der Waals surface area contributed by atoms with E-state index in [4.69, 9.17) is 4.74 Å². The largest absolute Gasteiger partial charge is 0.497 e. The van der Waals surface area contributed by atoms with Gasteiger partial charge in [0.05, 0.1) is 26.0 Å². The van der Waals surface area contributed by atoms with Gasteiger partial charge in [0.25, 0.3) is 0 Å². The molecule has 3 aliphatic heterocycles. The zero-order chi connectivity index (χ0) is 22.1. The molecular weight excluding hydrogens is 409 g/mol. The highest BCUT2D eigenvalue weighted by molar-refractivity contribution is 5.80. The molecular formula is C24H28FN5O2. The highest BCUT2D eigenvalue weighted by Crippen LogP contribution is 2.33. The second-order valence-electron chi connectivity index (χ2n) is 8.74. The number of halogens is 1. The van der Waals surface area contributed by atoms with Crippen molar-refractivity contribution < 1.29 is 13.9 Å². The van der Waals surface area contributed by atoms with E-state index in [0.717, 1.165) is 50.2 Å². The van der Waals surface area contributed by atoms with Gasteiger partial charge in [-0.2, -0.15) is 0 Å². The number of nitrogens with zero attached hydrogens (tertiary/aromatic N) is 5. The minimum atomic E-state index is -0.421. The summed E-state index contributed by atoms with van der Waals surface area (Å²) in [6.07, 6.45) is 7.55. The number of methoxy groups -OCH3 is 1. The molecule has 1 amide bonds. The van der Waals surface area contributed by atoms with Crippen LogP contribution in [0.5, 0.6) is 5.75 Å². The standard InChI is InChI=1S/C24H28FN5O2/c1-32-22-4-2-3-18(11-22)17-7-9-29(10-8-17)23(31)16-28-14-20-5-6-21(15-28)30(20)24-26-12-19(25)13-27-24/h2-4,7,11-13,20-21H,5-6,8-10,14-16H2,1H3. The van der Waals surface area contributed by atoms with E-state index in [0.29, 0.717) is 19.0 Å². The predicted octanol–water partition coefficient (Wildman–Crippen LogP) is 2.59. The molecule has 0 aliphatic carbocycles. The van der Waals surface area contributed by atoms with Gasteiger partial charge in [0.2, 0.25) is 11.9 Å². The number of ether oxygens (including phenoxy) is 1. The van der Waals surface area contributed by atoms with Crippen LogP contribution in [0.25, 0.3) is 5.57 Å². The maximum Gasteiger partial charge on any atom is 0.237 e. The number of likely N-dealkylation sites (tertiary alicyclic amines) is 1. The van der Waals surface area contributed by atoms with Gasteiger partial charge in [-0.25, -0.2) is 14.4 Å². The van der Waals surface area contributed by atoms with E-state index in [2.05, 4.69) is 31.9 Å². The molecule has 2 aromatic rings. The van der Waals surface area contributed by atoms with Crippen molar-refractivity contribution >= 4 is 17.4 Å². The fourth-order valence-corrected chi connectivity index (χ4v) is 5.16. The van der Waals surface area contributed by atoms with E-state index < -0.39 is 5.82 Å². The van der Waals surface area contributed by atoms with Crippen molar-refractivity contribution in [3.05, 3.63) is 54.1 Å². The van der Waals surface area contributed by atoms with Crippen molar-refractivity contribution in [2.75, 3.05) is 44.7 Å². The number of rotatable bonds is 5. The van der Waals surface area contributed by atoms with Crippen molar-refractivity contribution in [3.8, 4) is 5.75 Å². The Morgan fingerprint density at radius 2 is 1.94 bits per heavy atom. The van der Waals surface area contributed by atoms with E-state index >= 15 is 0 Å². The summed E-state index contributed by atoms with van der Waals surface area (Å²) in [5, 5.41) is 0. The number of hydrogen-bond acceptors (Lipinski definition) is 6. The van der Waals surface area contributed by atoms with Gasteiger partial charge >= 0.3 is 0 Å². The number of piperazine rings is 1. The van der Waals surface area contributed by atoms with Gasteiger partial charge in [-0.15, -0.1) is 0 Å². The average molecular weight is 438 g/mol. The van der Waals surface area contributed by atoms with Crippen LogP contribution >= 0.6 is 0 Å². The van der Waals surface area contributed by atoms with Crippen molar-refractivity contribution in [2.24, 2.45) is 0 Å². The molecule has 2 atom stereocenters. The molecule has 2 fully saturated rings. The SMILES string of the molecule is COc1cccc(C2=CCN(C(=O)CN3CC4CCC(C3)N4c3ncc(F)cn3)CC2)c1. The molecule has 1 aromatic carbocycles. The second-order valence-corrected chi connectivity index (χ2v) is 8.74. The summed E-state index contributed by atoms with van der Waals surface area (Å²) >= 11 is 0. The van der Waals surface area contributed by atoms with Gasteiger partial charge in [-0.05, 0) is 42.5 Å². The van der Waals surface area contributed by atoms with Crippen LogP contribution in [0.15, 0.2) is 42.7 Å². The van der Waals surface area contributed by atoms with Crippen molar-refractivity contribution in [2.45, 2.75) is 31.3 Å². The van der Waals surface area contributed by atoms with Gasteiger partial charge in [0, 0.05) is 38.3 Å². The fourth-order valence-electron chi connectivity index (χ4n) is 5.16. The van der Waals surface area contributed by atoms with E-state index in [-0.39, 0.29) is 18.0 Å². The first-order valence-electron chi connectivity index (χ1n) is 11.2. The van der Waals surface area contributed by atoms with Crippen molar-refractivity contribution in [1.29, 1.82) is 0 Å². The Morgan fingerprint density at radius 3 is 2.59 bits per heavy atom. The lowest BCUT2D eigenvalue weighted by Gasteiger charge is -2.41. The lowest BCUT2D eigenvalue weighted by Crippen LogP contribution is -2.56. The van der Waals surface area contributed by atoms with Crippen LogP contribution in [0.4, 0.5) is 10.3 Å². The number of fused-ring (bicyclic) bond motifs is 2. The summed E-state index contributed by atoms with van der Waals surface area (Å²) in [6.45, 7) is 3.43. The second kappa shape index (κ2) is 8.86. The number of anilines is 1. The lowest BCUT2D eigenvalue weighted by atomic mass is 9.99. The number of carbonyl (C=O) groups excluding carboxylic acids is 1. The number of carbonyl (C=O) groups is 1. The van der Waals surface area contributed by atoms with Crippen molar-refractivity contribution in [3.63, 3.8) is 0 Å². The Labute approximate surface area is 187 Å². The minimum Gasteiger partial charge on any atom is -0.497 e. The molecule has 2 saturated heterocycles. The van der Waals surface area contributed by atoms with Crippen LogP contribution in [-0.2, 0) is 4.79 Å². The van der Waals surface area contributed by atoms with Gasteiger partial charge in [-0.3, -0.25) is 9.69 Å².